The largest absolute Gasteiger partial charge is 0.393 e. The summed E-state index contributed by atoms with van der Waals surface area (Å²) in [5.74, 6) is 0.253. The topological polar surface area (TPSA) is 20.2 Å². The van der Waals surface area contributed by atoms with Crippen molar-refractivity contribution in [3.05, 3.63) is 35.9 Å². The van der Waals surface area contributed by atoms with Crippen molar-refractivity contribution in [3.8, 4) is 0 Å². The molecule has 0 aromatic heterocycles. The van der Waals surface area contributed by atoms with Crippen molar-refractivity contribution < 1.29 is 5.11 Å². The maximum absolute atomic E-state index is 9.90. The lowest BCUT2D eigenvalue weighted by atomic mass is 9.92. The third-order valence-corrected chi connectivity index (χ3v) is 2.76. The van der Waals surface area contributed by atoms with Gasteiger partial charge in [-0.1, -0.05) is 57.0 Å². The summed E-state index contributed by atoms with van der Waals surface area (Å²) >= 11 is 0. The number of benzene rings is 1. The first-order valence-electron chi connectivity index (χ1n) is 5.48. The number of rotatable bonds is 5. The zero-order chi connectivity index (χ0) is 10.4. The molecule has 0 aliphatic carbocycles. The summed E-state index contributed by atoms with van der Waals surface area (Å²) in [4.78, 5) is 0. The minimum absolute atomic E-state index is 0.197. The second-order valence-electron chi connectivity index (χ2n) is 3.91. The zero-order valence-corrected chi connectivity index (χ0v) is 9.11. The van der Waals surface area contributed by atoms with Gasteiger partial charge in [-0.3, -0.25) is 0 Å². The molecule has 0 saturated carbocycles. The normalized spacial score (nSPS) is 15.1. The van der Waals surface area contributed by atoms with E-state index in [9.17, 15) is 5.11 Å². The summed E-state index contributed by atoms with van der Waals surface area (Å²) in [5.41, 5.74) is 1.23. The number of hydrogen-bond acceptors (Lipinski definition) is 1. The Kier molecular flexibility index (Phi) is 4.68. The van der Waals surface area contributed by atoms with Crippen LogP contribution in [-0.4, -0.2) is 11.2 Å². The number of unbranched alkanes of at least 4 members (excludes halogenated alkanes) is 1. The molecule has 1 heteroatoms. The maximum Gasteiger partial charge on any atom is 0.0606 e. The van der Waals surface area contributed by atoms with Crippen LogP contribution in [-0.2, 0) is 0 Å². The lowest BCUT2D eigenvalue weighted by Crippen LogP contribution is -2.15. The van der Waals surface area contributed by atoms with Crippen LogP contribution in [0.15, 0.2) is 30.3 Å². The van der Waals surface area contributed by atoms with Gasteiger partial charge in [0.2, 0.25) is 0 Å². The summed E-state index contributed by atoms with van der Waals surface area (Å²) in [6.45, 7) is 4.25. The molecule has 0 unspecified atom stereocenters. The van der Waals surface area contributed by atoms with Gasteiger partial charge < -0.3 is 5.11 Å². The smallest absolute Gasteiger partial charge is 0.0606 e. The Morgan fingerprint density at radius 3 is 2.43 bits per heavy atom. The Hall–Kier alpha value is -0.820. The monoisotopic (exact) mass is 192 g/mol. The minimum atomic E-state index is -0.197. The van der Waals surface area contributed by atoms with Gasteiger partial charge in [0, 0.05) is 5.92 Å². The van der Waals surface area contributed by atoms with Gasteiger partial charge in [-0.05, 0) is 12.0 Å². The van der Waals surface area contributed by atoms with Crippen LogP contribution in [0.4, 0.5) is 0 Å². The fourth-order valence-electron chi connectivity index (χ4n) is 1.64. The van der Waals surface area contributed by atoms with Gasteiger partial charge in [-0.25, -0.2) is 0 Å². The van der Waals surface area contributed by atoms with E-state index in [-0.39, 0.29) is 12.0 Å². The summed E-state index contributed by atoms with van der Waals surface area (Å²) in [6.07, 6.45) is 2.97. The Bertz CT molecular complexity index is 243. The van der Waals surface area contributed by atoms with Gasteiger partial charge >= 0.3 is 0 Å². The highest BCUT2D eigenvalue weighted by Gasteiger charge is 2.14. The molecule has 0 aliphatic rings. The molecular formula is C13H20O. The van der Waals surface area contributed by atoms with Crippen LogP contribution < -0.4 is 0 Å². The third-order valence-electron chi connectivity index (χ3n) is 2.76. The quantitative estimate of drug-likeness (QED) is 0.758. The molecule has 0 fully saturated rings. The van der Waals surface area contributed by atoms with Gasteiger partial charge in [-0.2, -0.15) is 0 Å². The maximum atomic E-state index is 9.90. The molecule has 0 spiro atoms. The summed E-state index contributed by atoms with van der Waals surface area (Å²) in [5, 5.41) is 9.90. The van der Waals surface area contributed by atoms with Gasteiger partial charge in [0.25, 0.3) is 0 Å². The molecular weight excluding hydrogens is 172 g/mol. The van der Waals surface area contributed by atoms with E-state index in [1.807, 2.05) is 18.2 Å². The molecule has 1 N–H and O–H groups in total. The van der Waals surface area contributed by atoms with Crippen molar-refractivity contribution in [2.24, 2.45) is 0 Å². The molecule has 78 valence electrons. The minimum Gasteiger partial charge on any atom is -0.393 e. The molecule has 14 heavy (non-hydrogen) atoms. The first-order valence-corrected chi connectivity index (χ1v) is 5.48. The van der Waals surface area contributed by atoms with E-state index in [4.69, 9.17) is 0 Å². The van der Waals surface area contributed by atoms with Gasteiger partial charge in [0.15, 0.2) is 0 Å². The van der Waals surface area contributed by atoms with E-state index in [0.29, 0.717) is 0 Å². The van der Waals surface area contributed by atoms with Crippen LogP contribution in [0.1, 0.15) is 44.6 Å². The molecule has 1 rings (SSSR count). The van der Waals surface area contributed by atoms with Crippen molar-refractivity contribution >= 4 is 0 Å². The van der Waals surface area contributed by atoms with E-state index in [0.717, 1.165) is 19.3 Å². The van der Waals surface area contributed by atoms with E-state index in [1.165, 1.54) is 5.56 Å². The van der Waals surface area contributed by atoms with Crippen LogP contribution in [0.25, 0.3) is 0 Å². The number of aliphatic hydroxyl groups is 1. The lowest BCUT2D eigenvalue weighted by molar-refractivity contribution is 0.137. The van der Waals surface area contributed by atoms with Crippen LogP contribution in [0.3, 0.4) is 0 Å². The second kappa shape index (κ2) is 5.82. The van der Waals surface area contributed by atoms with Crippen LogP contribution in [0, 0.1) is 0 Å². The molecule has 1 aromatic carbocycles. The summed E-state index contributed by atoms with van der Waals surface area (Å²) < 4.78 is 0. The molecule has 0 bridgehead atoms. The van der Waals surface area contributed by atoms with Crippen LogP contribution in [0.5, 0.6) is 0 Å². The molecule has 0 saturated heterocycles. The fraction of sp³-hybridized carbons (Fsp3) is 0.538. The molecule has 0 radical (unpaired) electrons. The van der Waals surface area contributed by atoms with Gasteiger partial charge in [0.1, 0.15) is 0 Å². The molecule has 1 aromatic rings. The molecule has 0 aliphatic heterocycles. The number of aliphatic hydroxyl groups excluding tert-OH is 1. The lowest BCUT2D eigenvalue weighted by Gasteiger charge is -2.18. The Balaban J connectivity index is 2.52. The van der Waals surface area contributed by atoms with Gasteiger partial charge in [0.05, 0.1) is 6.10 Å². The van der Waals surface area contributed by atoms with Gasteiger partial charge in [-0.15, -0.1) is 0 Å². The Morgan fingerprint density at radius 2 is 1.86 bits per heavy atom. The first kappa shape index (κ1) is 11.3. The van der Waals surface area contributed by atoms with Crippen LogP contribution in [0.2, 0.25) is 0 Å². The predicted octanol–water partition coefficient (Wildman–Crippen LogP) is 3.34. The Labute approximate surface area is 86.8 Å². The summed E-state index contributed by atoms with van der Waals surface area (Å²) in [7, 11) is 0. The average Bonchev–Trinajstić information content (AvgIpc) is 2.26. The highest BCUT2D eigenvalue weighted by molar-refractivity contribution is 5.19. The summed E-state index contributed by atoms with van der Waals surface area (Å²) in [6, 6.07) is 10.2. The SMILES string of the molecule is CCCC[C@H](O)[C@H](C)c1ccccc1. The molecule has 1 nitrogen and oxygen atoms in total. The van der Waals surface area contributed by atoms with Crippen molar-refractivity contribution in [2.45, 2.75) is 45.1 Å². The fourth-order valence-corrected chi connectivity index (χ4v) is 1.64. The second-order valence-corrected chi connectivity index (χ2v) is 3.91. The van der Waals surface area contributed by atoms with E-state index < -0.39 is 0 Å². The van der Waals surface area contributed by atoms with E-state index >= 15 is 0 Å². The number of hydrogen-bond donors (Lipinski definition) is 1. The first-order chi connectivity index (χ1) is 6.75. The molecule has 0 heterocycles. The molecule has 2 atom stereocenters. The highest BCUT2D eigenvalue weighted by Crippen LogP contribution is 2.21. The van der Waals surface area contributed by atoms with Crippen LogP contribution >= 0.6 is 0 Å². The third kappa shape index (κ3) is 3.15. The van der Waals surface area contributed by atoms with Crippen molar-refractivity contribution in [1.29, 1.82) is 0 Å². The predicted molar refractivity (Wildman–Crippen MR) is 60.4 cm³/mol. The zero-order valence-electron chi connectivity index (χ0n) is 9.11. The van der Waals surface area contributed by atoms with E-state index in [2.05, 4.69) is 26.0 Å². The molecule has 0 amide bonds. The van der Waals surface area contributed by atoms with E-state index in [1.54, 1.807) is 0 Å². The Morgan fingerprint density at radius 1 is 1.21 bits per heavy atom. The van der Waals surface area contributed by atoms with Crippen molar-refractivity contribution in [3.63, 3.8) is 0 Å². The highest BCUT2D eigenvalue weighted by atomic mass is 16.3. The van der Waals surface area contributed by atoms with Crippen molar-refractivity contribution in [2.75, 3.05) is 0 Å². The average molecular weight is 192 g/mol. The standard InChI is InChI=1S/C13H20O/c1-3-4-10-13(14)11(2)12-8-6-5-7-9-12/h5-9,11,13-14H,3-4,10H2,1-2H3/t11-,13+/m1/s1. The van der Waals surface area contributed by atoms with Crippen molar-refractivity contribution in [1.82, 2.24) is 0 Å².